The Bertz CT molecular complexity index is 418. The van der Waals surface area contributed by atoms with Gasteiger partial charge in [0.15, 0.2) is 0 Å². The molecular weight excluding hydrogens is 260 g/mol. The second kappa shape index (κ2) is 4.71. The van der Waals surface area contributed by atoms with Gasteiger partial charge in [0.2, 0.25) is 0 Å². The lowest BCUT2D eigenvalue weighted by Gasteiger charge is -2.65. The number of hydrogen-bond acceptors (Lipinski definition) is 2. The molecule has 0 unspecified atom stereocenters. The summed E-state index contributed by atoms with van der Waals surface area (Å²) in [5, 5.41) is 20.0. The van der Waals surface area contributed by atoms with Gasteiger partial charge < -0.3 is 10.2 Å². The Labute approximate surface area is 129 Å². The van der Waals surface area contributed by atoms with Crippen LogP contribution in [-0.4, -0.2) is 22.4 Å². The topological polar surface area (TPSA) is 40.5 Å². The molecule has 2 nitrogen and oxygen atoms in total. The average Bonchev–Trinajstić information content (AvgIpc) is 2.42. The van der Waals surface area contributed by atoms with E-state index in [2.05, 4.69) is 6.92 Å². The molecule has 2 heteroatoms. The van der Waals surface area contributed by atoms with Crippen LogP contribution < -0.4 is 0 Å². The van der Waals surface area contributed by atoms with E-state index in [4.69, 9.17) is 0 Å². The molecule has 4 aliphatic carbocycles. The van der Waals surface area contributed by atoms with Crippen molar-refractivity contribution in [3.8, 4) is 0 Å². The monoisotopic (exact) mass is 292 g/mol. The normalized spacial score (nSPS) is 59.4. The molecule has 0 aliphatic heterocycles. The number of aliphatic hydroxyl groups is 2. The summed E-state index contributed by atoms with van der Waals surface area (Å²) in [6, 6.07) is 0. The first-order chi connectivity index (χ1) is 9.94. The zero-order valence-corrected chi connectivity index (χ0v) is 13.7. The van der Waals surface area contributed by atoms with E-state index in [1.165, 1.54) is 38.5 Å². The van der Waals surface area contributed by atoms with E-state index in [9.17, 15) is 10.2 Å². The van der Waals surface area contributed by atoms with Gasteiger partial charge in [-0.1, -0.05) is 6.92 Å². The van der Waals surface area contributed by atoms with Gasteiger partial charge in [0.05, 0.1) is 5.60 Å². The summed E-state index contributed by atoms with van der Waals surface area (Å²) in [6.07, 6.45) is 10.1. The van der Waals surface area contributed by atoms with Crippen molar-refractivity contribution in [3.63, 3.8) is 0 Å². The van der Waals surface area contributed by atoms with Crippen molar-refractivity contribution in [2.24, 2.45) is 40.9 Å². The molecule has 0 spiro atoms. The van der Waals surface area contributed by atoms with E-state index in [0.717, 1.165) is 42.4 Å². The summed E-state index contributed by atoms with van der Waals surface area (Å²) in [4.78, 5) is 0. The van der Waals surface area contributed by atoms with Crippen molar-refractivity contribution in [2.45, 2.75) is 70.8 Å². The number of hydrogen-bond donors (Lipinski definition) is 2. The average molecular weight is 292 g/mol. The summed E-state index contributed by atoms with van der Waals surface area (Å²) >= 11 is 0. The molecule has 8 atom stereocenters. The van der Waals surface area contributed by atoms with Crippen LogP contribution in [-0.2, 0) is 0 Å². The van der Waals surface area contributed by atoms with Crippen molar-refractivity contribution in [1.82, 2.24) is 0 Å². The molecule has 0 aromatic carbocycles. The number of rotatable bonds is 1. The fourth-order valence-corrected chi connectivity index (χ4v) is 7.08. The first-order valence-electron chi connectivity index (χ1n) is 9.28. The van der Waals surface area contributed by atoms with Crippen LogP contribution in [0.15, 0.2) is 0 Å². The summed E-state index contributed by atoms with van der Waals surface area (Å²) in [5.41, 5.74) is 0.0541. The smallest absolute Gasteiger partial charge is 0.0622 e. The van der Waals surface area contributed by atoms with Crippen LogP contribution in [0.2, 0.25) is 0 Å². The molecule has 2 N–H and O–H groups in total. The van der Waals surface area contributed by atoms with Crippen LogP contribution in [0.25, 0.3) is 0 Å². The highest BCUT2D eigenvalue weighted by Crippen LogP contribution is 2.66. The third-order valence-corrected chi connectivity index (χ3v) is 8.37. The van der Waals surface area contributed by atoms with E-state index in [-0.39, 0.29) is 0 Å². The molecule has 4 aliphatic rings. The van der Waals surface area contributed by atoms with Gasteiger partial charge in [-0.25, -0.2) is 0 Å². The van der Waals surface area contributed by atoms with Gasteiger partial charge in [-0.05, 0) is 99.2 Å². The molecule has 4 rings (SSSR count). The van der Waals surface area contributed by atoms with Crippen LogP contribution in [0.5, 0.6) is 0 Å². The molecule has 0 amide bonds. The maximum atomic E-state index is 10.4. The Morgan fingerprint density at radius 3 is 2.48 bits per heavy atom. The lowest BCUT2D eigenvalue weighted by Crippen LogP contribution is -2.59. The Kier molecular flexibility index (Phi) is 3.25. The van der Waals surface area contributed by atoms with E-state index < -0.39 is 5.60 Å². The predicted molar refractivity (Wildman–Crippen MR) is 83.7 cm³/mol. The lowest BCUT2D eigenvalue weighted by atomic mass is 9.40. The number of fused-ring (bicyclic) bond motifs is 5. The summed E-state index contributed by atoms with van der Waals surface area (Å²) < 4.78 is 0. The second-order valence-corrected chi connectivity index (χ2v) is 9.33. The Morgan fingerprint density at radius 1 is 0.952 bits per heavy atom. The van der Waals surface area contributed by atoms with E-state index >= 15 is 0 Å². The van der Waals surface area contributed by atoms with Crippen LogP contribution >= 0.6 is 0 Å². The molecule has 21 heavy (non-hydrogen) atoms. The Balaban J connectivity index is 1.51. The molecule has 0 bridgehead atoms. The highest BCUT2D eigenvalue weighted by atomic mass is 16.3. The zero-order chi connectivity index (χ0) is 14.8. The Hall–Kier alpha value is -0.0800. The van der Waals surface area contributed by atoms with Gasteiger partial charge in [-0.3, -0.25) is 0 Å². The molecule has 0 saturated heterocycles. The van der Waals surface area contributed by atoms with E-state index in [1.807, 2.05) is 6.92 Å². The molecule has 0 heterocycles. The molecule has 4 saturated carbocycles. The van der Waals surface area contributed by atoms with Crippen molar-refractivity contribution in [1.29, 1.82) is 0 Å². The minimum absolute atomic E-state index is 0.393. The molecule has 4 fully saturated rings. The molecular formula is C19H32O2. The molecule has 0 radical (unpaired) electrons. The van der Waals surface area contributed by atoms with Gasteiger partial charge in [0, 0.05) is 6.61 Å². The van der Waals surface area contributed by atoms with Gasteiger partial charge in [-0.2, -0.15) is 0 Å². The van der Waals surface area contributed by atoms with Gasteiger partial charge in [-0.15, -0.1) is 0 Å². The maximum Gasteiger partial charge on any atom is 0.0622 e. The summed E-state index contributed by atoms with van der Waals surface area (Å²) in [5.74, 6) is 4.99. The minimum atomic E-state index is -0.393. The van der Waals surface area contributed by atoms with Crippen LogP contribution in [0.4, 0.5) is 0 Å². The second-order valence-electron chi connectivity index (χ2n) is 9.33. The lowest BCUT2D eigenvalue weighted by molar-refractivity contribution is -0.176. The SMILES string of the molecule is C[C@@]1(O)CC[C@H]2[C@H](CC[C@@H]3[C@@H]2CC[C@]2(C)[C@@H](CO)C[C@@H]32)C1. The van der Waals surface area contributed by atoms with Gasteiger partial charge in [0.25, 0.3) is 0 Å². The first kappa shape index (κ1) is 14.5. The summed E-state index contributed by atoms with van der Waals surface area (Å²) in [7, 11) is 0. The fourth-order valence-electron chi connectivity index (χ4n) is 7.08. The Morgan fingerprint density at radius 2 is 1.71 bits per heavy atom. The first-order valence-corrected chi connectivity index (χ1v) is 9.28. The standard InChI is InChI=1S/C19H32O2/c1-18(21)7-5-14-12(10-18)3-4-16-15(14)6-8-19(2)13(11-20)9-17(16)19/h12-17,20-21H,3-11H2,1-2H3/t12-,13-,14+,15-,16-,17+,18-,19-/m1/s1. The van der Waals surface area contributed by atoms with E-state index in [0.29, 0.717) is 17.9 Å². The molecule has 0 aromatic rings. The van der Waals surface area contributed by atoms with Gasteiger partial charge >= 0.3 is 0 Å². The van der Waals surface area contributed by atoms with Crippen LogP contribution in [0.1, 0.15) is 65.2 Å². The van der Waals surface area contributed by atoms with Crippen LogP contribution in [0, 0.1) is 40.9 Å². The largest absolute Gasteiger partial charge is 0.396 e. The molecule has 120 valence electrons. The zero-order valence-electron chi connectivity index (χ0n) is 13.7. The third-order valence-electron chi connectivity index (χ3n) is 8.37. The van der Waals surface area contributed by atoms with Crippen molar-refractivity contribution in [3.05, 3.63) is 0 Å². The highest BCUT2D eigenvalue weighted by molar-refractivity contribution is 5.09. The highest BCUT2D eigenvalue weighted by Gasteiger charge is 2.60. The number of aliphatic hydroxyl groups excluding tert-OH is 1. The molecule has 0 aromatic heterocycles. The summed E-state index contributed by atoms with van der Waals surface area (Å²) in [6.45, 7) is 4.90. The van der Waals surface area contributed by atoms with Crippen molar-refractivity contribution in [2.75, 3.05) is 6.61 Å². The minimum Gasteiger partial charge on any atom is -0.396 e. The fraction of sp³-hybridized carbons (Fsp3) is 1.00. The van der Waals surface area contributed by atoms with Gasteiger partial charge in [0.1, 0.15) is 0 Å². The maximum absolute atomic E-state index is 10.4. The van der Waals surface area contributed by atoms with Crippen LogP contribution in [0.3, 0.4) is 0 Å². The van der Waals surface area contributed by atoms with Crippen molar-refractivity contribution < 1.29 is 10.2 Å². The predicted octanol–water partition coefficient (Wildman–Crippen LogP) is 3.61. The quantitative estimate of drug-likeness (QED) is 0.775. The van der Waals surface area contributed by atoms with Crippen molar-refractivity contribution >= 4 is 0 Å². The third kappa shape index (κ3) is 2.05. The van der Waals surface area contributed by atoms with E-state index in [1.54, 1.807) is 0 Å².